The highest BCUT2D eigenvalue weighted by atomic mass is 35.5. The van der Waals surface area contributed by atoms with Gasteiger partial charge < -0.3 is 9.88 Å². The second-order valence-electron chi connectivity index (χ2n) is 4.95. The number of nitrogens with zero attached hydrogens (tertiary/aromatic N) is 3. The second kappa shape index (κ2) is 6.46. The van der Waals surface area contributed by atoms with Gasteiger partial charge in [-0.05, 0) is 31.2 Å². The molecule has 7 heteroatoms. The predicted molar refractivity (Wildman–Crippen MR) is 88.1 cm³/mol. The molecule has 0 unspecified atom stereocenters. The van der Waals surface area contributed by atoms with Crippen LogP contribution in [-0.2, 0) is 17.9 Å². The van der Waals surface area contributed by atoms with Crippen molar-refractivity contribution < 1.29 is 4.79 Å². The van der Waals surface area contributed by atoms with Crippen LogP contribution in [0.2, 0.25) is 5.02 Å². The van der Waals surface area contributed by atoms with E-state index in [9.17, 15) is 4.79 Å². The maximum atomic E-state index is 11.9. The predicted octanol–water partition coefficient (Wildman–Crippen LogP) is 3.16. The third kappa shape index (κ3) is 3.45. The Labute approximate surface area is 136 Å². The second-order valence-corrected chi connectivity index (χ2v) is 6.66. The molecule has 0 atom stereocenters. The topological polar surface area (TPSA) is 59.8 Å². The van der Waals surface area contributed by atoms with Gasteiger partial charge in [0.2, 0.25) is 5.91 Å². The fourth-order valence-electron chi connectivity index (χ4n) is 2.26. The maximum absolute atomic E-state index is 11.9. The number of benzene rings is 1. The van der Waals surface area contributed by atoms with Crippen LogP contribution in [0.4, 0.5) is 0 Å². The van der Waals surface area contributed by atoms with Gasteiger partial charge >= 0.3 is 0 Å². The van der Waals surface area contributed by atoms with Crippen molar-refractivity contribution in [3.8, 4) is 0 Å². The first kappa shape index (κ1) is 15.0. The van der Waals surface area contributed by atoms with Crippen molar-refractivity contribution >= 4 is 39.7 Å². The molecule has 0 saturated carbocycles. The van der Waals surface area contributed by atoms with Crippen molar-refractivity contribution in [3.63, 3.8) is 0 Å². The largest absolute Gasteiger partial charge is 0.349 e. The summed E-state index contributed by atoms with van der Waals surface area (Å²) in [7, 11) is 0. The van der Waals surface area contributed by atoms with Crippen molar-refractivity contribution in [3.05, 3.63) is 45.5 Å². The summed E-state index contributed by atoms with van der Waals surface area (Å²) in [5.41, 5.74) is 1.08. The first-order chi connectivity index (χ1) is 10.6. The van der Waals surface area contributed by atoms with Crippen LogP contribution >= 0.6 is 22.9 Å². The first-order valence-corrected chi connectivity index (χ1v) is 8.11. The minimum atomic E-state index is 0.00339. The number of aryl methyl sites for hydroxylation is 2. The van der Waals surface area contributed by atoms with Crippen LogP contribution in [0.3, 0.4) is 0 Å². The minimum Gasteiger partial charge on any atom is -0.349 e. The monoisotopic (exact) mass is 334 g/mol. The van der Waals surface area contributed by atoms with Crippen molar-refractivity contribution in [1.29, 1.82) is 0 Å². The molecule has 2 heterocycles. The van der Waals surface area contributed by atoms with Crippen LogP contribution in [0, 0.1) is 6.92 Å². The van der Waals surface area contributed by atoms with Gasteiger partial charge in [-0.3, -0.25) is 4.79 Å². The number of rotatable bonds is 5. The van der Waals surface area contributed by atoms with E-state index in [2.05, 4.69) is 20.1 Å². The molecule has 2 aromatic heterocycles. The molecular formula is C15H15ClN4OS. The van der Waals surface area contributed by atoms with Gasteiger partial charge in [-0.25, -0.2) is 0 Å². The van der Waals surface area contributed by atoms with Crippen LogP contribution in [0.25, 0.3) is 10.9 Å². The number of aromatic nitrogens is 3. The van der Waals surface area contributed by atoms with Gasteiger partial charge in [0, 0.05) is 35.1 Å². The zero-order valence-corrected chi connectivity index (χ0v) is 13.6. The molecule has 1 amide bonds. The number of amides is 1. The van der Waals surface area contributed by atoms with Gasteiger partial charge in [-0.1, -0.05) is 22.9 Å². The van der Waals surface area contributed by atoms with E-state index in [0.717, 1.165) is 25.9 Å². The van der Waals surface area contributed by atoms with E-state index in [4.69, 9.17) is 11.6 Å². The van der Waals surface area contributed by atoms with E-state index >= 15 is 0 Å². The lowest BCUT2D eigenvalue weighted by atomic mass is 10.2. The van der Waals surface area contributed by atoms with Gasteiger partial charge in [-0.15, -0.1) is 10.2 Å². The zero-order chi connectivity index (χ0) is 15.5. The molecule has 114 valence electrons. The summed E-state index contributed by atoms with van der Waals surface area (Å²) >= 11 is 7.47. The van der Waals surface area contributed by atoms with Crippen molar-refractivity contribution in [2.45, 2.75) is 26.4 Å². The molecule has 0 radical (unpaired) electrons. The number of carbonyl (C=O) groups excluding carboxylic acids is 1. The van der Waals surface area contributed by atoms with Crippen LogP contribution in [0.15, 0.2) is 30.5 Å². The number of nitrogens with one attached hydrogen (secondary N) is 1. The smallest absolute Gasteiger partial charge is 0.222 e. The van der Waals surface area contributed by atoms with Crippen molar-refractivity contribution in [2.24, 2.45) is 0 Å². The fourth-order valence-corrected chi connectivity index (χ4v) is 3.09. The molecular weight excluding hydrogens is 320 g/mol. The van der Waals surface area contributed by atoms with Gasteiger partial charge in [-0.2, -0.15) is 0 Å². The minimum absolute atomic E-state index is 0.00339. The molecule has 0 bridgehead atoms. The SMILES string of the molecule is Cc1nnc(CNC(=O)CCn2ccc3cc(Cl)ccc32)s1. The molecule has 0 fully saturated rings. The van der Waals surface area contributed by atoms with Crippen molar-refractivity contribution in [1.82, 2.24) is 20.1 Å². The zero-order valence-electron chi connectivity index (χ0n) is 12.0. The molecule has 0 saturated heterocycles. The van der Waals surface area contributed by atoms with Gasteiger partial charge in [0.15, 0.2) is 0 Å². The lowest BCUT2D eigenvalue weighted by molar-refractivity contribution is -0.121. The Morgan fingerprint density at radius 2 is 2.23 bits per heavy atom. The molecule has 1 N–H and O–H groups in total. The van der Waals surface area contributed by atoms with E-state index in [-0.39, 0.29) is 5.91 Å². The highest BCUT2D eigenvalue weighted by molar-refractivity contribution is 7.11. The summed E-state index contributed by atoms with van der Waals surface area (Å²) in [5.74, 6) is 0.00339. The van der Waals surface area contributed by atoms with Crippen LogP contribution in [0.5, 0.6) is 0 Å². The Bertz CT molecular complexity index is 811. The molecule has 0 aliphatic rings. The molecule has 1 aromatic carbocycles. The molecule has 0 aliphatic heterocycles. The average Bonchev–Trinajstić information content (AvgIpc) is 3.08. The number of hydrogen-bond donors (Lipinski definition) is 1. The van der Waals surface area contributed by atoms with E-state index in [0.29, 0.717) is 19.5 Å². The Morgan fingerprint density at radius 3 is 3.00 bits per heavy atom. The summed E-state index contributed by atoms with van der Waals surface area (Å²) in [6.07, 6.45) is 2.40. The Morgan fingerprint density at radius 1 is 1.36 bits per heavy atom. The quantitative estimate of drug-likeness (QED) is 0.779. The average molecular weight is 335 g/mol. The summed E-state index contributed by atoms with van der Waals surface area (Å²) in [6, 6.07) is 7.76. The summed E-state index contributed by atoms with van der Waals surface area (Å²) in [4.78, 5) is 11.9. The molecule has 5 nitrogen and oxygen atoms in total. The van der Waals surface area contributed by atoms with Crippen LogP contribution in [-0.4, -0.2) is 20.7 Å². The summed E-state index contributed by atoms with van der Waals surface area (Å²) in [5, 5.41) is 14.3. The maximum Gasteiger partial charge on any atom is 0.222 e. The number of fused-ring (bicyclic) bond motifs is 1. The third-order valence-electron chi connectivity index (χ3n) is 3.32. The molecule has 0 aliphatic carbocycles. The number of hydrogen-bond acceptors (Lipinski definition) is 4. The van der Waals surface area contributed by atoms with Gasteiger partial charge in [0.05, 0.1) is 6.54 Å². The van der Waals surface area contributed by atoms with Crippen LogP contribution in [0.1, 0.15) is 16.4 Å². The van der Waals surface area contributed by atoms with Gasteiger partial charge in [0.25, 0.3) is 0 Å². The standard InChI is InChI=1S/C15H15ClN4OS/c1-10-18-19-15(22-10)9-17-14(21)5-7-20-6-4-11-8-12(16)2-3-13(11)20/h2-4,6,8H,5,7,9H2,1H3,(H,17,21). The number of halogens is 1. The van der Waals surface area contributed by atoms with E-state index in [1.807, 2.05) is 37.4 Å². The lowest BCUT2D eigenvalue weighted by Gasteiger charge is -2.06. The van der Waals surface area contributed by atoms with E-state index in [1.165, 1.54) is 11.3 Å². The molecule has 22 heavy (non-hydrogen) atoms. The normalized spacial score (nSPS) is 11.0. The van der Waals surface area contributed by atoms with Crippen LogP contribution < -0.4 is 5.32 Å². The highest BCUT2D eigenvalue weighted by Gasteiger charge is 2.07. The Balaban J connectivity index is 1.56. The first-order valence-electron chi connectivity index (χ1n) is 6.92. The fraction of sp³-hybridized carbons (Fsp3) is 0.267. The lowest BCUT2D eigenvalue weighted by Crippen LogP contribution is -2.23. The summed E-state index contributed by atoms with van der Waals surface area (Å²) in [6.45, 7) is 2.96. The van der Waals surface area contributed by atoms with E-state index in [1.54, 1.807) is 0 Å². The van der Waals surface area contributed by atoms with Crippen molar-refractivity contribution in [2.75, 3.05) is 0 Å². The number of carbonyl (C=O) groups is 1. The van der Waals surface area contributed by atoms with Gasteiger partial charge in [0.1, 0.15) is 10.0 Å². The Hall–Kier alpha value is -1.92. The highest BCUT2D eigenvalue weighted by Crippen LogP contribution is 2.20. The van der Waals surface area contributed by atoms with E-state index < -0.39 is 0 Å². The summed E-state index contributed by atoms with van der Waals surface area (Å²) < 4.78 is 2.06. The molecule has 3 rings (SSSR count). The molecule has 0 spiro atoms. The third-order valence-corrected chi connectivity index (χ3v) is 4.39. The Kier molecular flexibility index (Phi) is 4.40. The molecule has 3 aromatic rings.